The normalized spacial score (nSPS) is 15.1. The zero-order chi connectivity index (χ0) is 21.0. The number of carbonyl (C=O) groups is 1. The number of sulfonamides is 1. The van der Waals surface area contributed by atoms with Crippen LogP contribution in [0, 0.1) is 10.1 Å². The molecule has 1 aliphatic heterocycles. The van der Waals surface area contributed by atoms with Gasteiger partial charge in [-0.05, 0) is 42.7 Å². The van der Waals surface area contributed by atoms with E-state index >= 15 is 0 Å². The Morgan fingerprint density at radius 2 is 1.76 bits per heavy atom. The number of hydrogen-bond acceptors (Lipinski definition) is 5. The van der Waals surface area contributed by atoms with Gasteiger partial charge in [-0.2, -0.15) is 4.31 Å². The monoisotopic (exact) mass is 437 g/mol. The van der Waals surface area contributed by atoms with Crippen LogP contribution in [0.15, 0.2) is 47.4 Å². The van der Waals surface area contributed by atoms with Crippen molar-refractivity contribution in [2.75, 3.05) is 18.4 Å². The fourth-order valence-corrected chi connectivity index (χ4v) is 4.86. The molecule has 0 unspecified atom stereocenters. The van der Waals surface area contributed by atoms with E-state index in [1.165, 1.54) is 34.6 Å². The average Bonchev–Trinajstić information content (AvgIpc) is 2.70. The van der Waals surface area contributed by atoms with Gasteiger partial charge < -0.3 is 5.32 Å². The molecule has 154 valence electrons. The van der Waals surface area contributed by atoms with Crippen LogP contribution in [0.2, 0.25) is 5.02 Å². The van der Waals surface area contributed by atoms with Gasteiger partial charge in [-0.1, -0.05) is 30.2 Å². The number of amides is 1. The summed E-state index contributed by atoms with van der Waals surface area (Å²) in [5, 5.41) is 13.5. The van der Waals surface area contributed by atoms with E-state index in [9.17, 15) is 23.3 Å². The van der Waals surface area contributed by atoms with Crippen LogP contribution in [-0.2, 0) is 21.2 Å². The van der Waals surface area contributed by atoms with Gasteiger partial charge in [-0.3, -0.25) is 14.9 Å². The molecule has 2 aromatic carbocycles. The predicted octanol–water partition coefficient (Wildman–Crippen LogP) is 3.60. The summed E-state index contributed by atoms with van der Waals surface area (Å²) in [6.07, 6.45) is 2.76. The van der Waals surface area contributed by atoms with Gasteiger partial charge in [0.1, 0.15) is 5.02 Å². The van der Waals surface area contributed by atoms with Gasteiger partial charge in [-0.15, -0.1) is 0 Å². The summed E-state index contributed by atoms with van der Waals surface area (Å²) in [5.41, 5.74) is 0.593. The minimum absolute atomic E-state index is 0.000462. The Kier molecular flexibility index (Phi) is 6.51. The molecule has 0 radical (unpaired) electrons. The smallest absolute Gasteiger partial charge is 0.289 e. The van der Waals surface area contributed by atoms with Crippen LogP contribution >= 0.6 is 11.6 Å². The summed E-state index contributed by atoms with van der Waals surface area (Å²) in [5.74, 6) is -0.381. The maximum atomic E-state index is 12.7. The maximum absolute atomic E-state index is 12.7. The lowest BCUT2D eigenvalue weighted by atomic mass is 10.1. The zero-order valence-electron chi connectivity index (χ0n) is 15.5. The van der Waals surface area contributed by atoms with Crippen molar-refractivity contribution in [1.29, 1.82) is 0 Å². The molecule has 0 bridgehead atoms. The molecule has 1 N–H and O–H groups in total. The first kappa shape index (κ1) is 21.2. The molecule has 8 nitrogen and oxygen atoms in total. The van der Waals surface area contributed by atoms with Crippen LogP contribution in [0.3, 0.4) is 0 Å². The van der Waals surface area contributed by atoms with Gasteiger partial charge in [0.15, 0.2) is 0 Å². The average molecular weight is 438 g/mol. The molecule has 1 aliphatic rings. The zero-order valence-corrected chi connectivity index (χ0v) is 17.1. The molecule has 2 aromatic rings. The molecule has 1 amide bonds. The molecule has 0 atom stereocenters. The number of benzene rings is 2. The first-order valence-electron chi connectivity index (χ1n) is 9.10. The third-order valence-electron chi connectivity index (χ3n) is 4.67. The molecule has 0 aromatic heterocycles. The van der Waals surface area contributed by atoms with Crippen molar-refractivity contribution in [3.8, 4) is 0 Å². The molecule has 1 saturated heterocycles. The first-order chi connectivity index (χ1) is 13.8. The summed E-state index contributed by atoms with van der Waals surface area (Å²) in [7, 11) is -3.52. The number of nitro groups is 1. The van der Waals surface area contributed by atoms with Crippen LogP contribution in [0.25, 0.3) is 0 Å². The van der Waals surface area contributed by atoms with Crippen molar-refractivity contribution in [3.05, 3.63) is 63.2 Å². The van der Waals surface area contributed by atoms with E-state index in [-0.39, 0.29) is 33.6 Å². The highest BCUT2D eigenvalue weighted by atomic mass is 35.5. The van der Waals surface area contributed by atoms with Gasteiger partial charge in [0.25, 0.3) is 5.69 Å². The largest absolute Gasteiger partial charge is 0.326 e. The van der Waals surface area contributed by atoms with Crippen LogP contribution in [0.5, 0.6) is 0 Å². The first-order valence-corrected chi connectivity index (χ1v) is 10.9. The lowest BCUT2D eigenvalue weighted by Crippen LogP contribution is -2.35. The van der Waals surface area contributed by atoms with Crippen molar-refractivity contribution in [2.45, 2.75) is 30.6 Å². The summed E-state index contributed by atoms with van der Waals surface area (Å²) in [6, 6.07) is 10.2. The van der Waals surface area contributed by atoms with Crippen LogP contribution < -0.4 is 5.32 Å². The van der Waals surface area contributed by atoms with Crippen LogP contribution in [0.1, 0.15) is 24.8 Å². The topological polar surface area (TPSA) is 110 Å². The third kappa shape index (κ3) is 5.11. The highest BCUT2D eigenvalue weighted by molar-refractivity contribution is 7.89. The highest BCUT2D eigenvalue weighted by Crippen LogP contribution is 2.27. The Morgan fingerprint density at radius 1 is 1.10 bits per heavy atom. The second-order valence-corrected chi connectivity index (χ2v) is 9.10. The van der Waals surface area contributed by atoms with Crippen LogP contribution in [0.4, 0.5) is 11.4 Å². The Bertz CT molecular complexity index is 1020. The van der Waals surface area contributed by atoms with Crippen molar-refractivity contribution < 1.29 is 18.1 Å². The van der Waals surface area contributed by atoms with Crippen molar-refractivity contribution in [2.24, 2.45) is 0 Å². The number of carbonyl (C=O) groups excluding carboxylic acids is 1. The molecule has 1 fully saturated rings. The number of nitro benzene ring substituents is 1. The van der Waals surface area contributed by atoms with E-state index in [0.717, 1.165) is 19.3 Å². The number of hydrogen-bond donors (Lipinski definition) is 1. The van der Waals surface area contributed by atoms with Crippen molar-refractivity contribution >= 4 is 38.9 Å². The molecule has 3 rings (SSSR count). The SMILES string of the molecule is O=C(Cc1ccc(S(=O)(=O)N2CCCCC2)cc1)Nc1ccc(Cl)c([N+](=O)[O-])c1. The lowest BCUT2D eigenvalue weighted by molar-refractivity contribution is -0.384. The molecule has 0 saturated carbocycles. The number of nitrogens with zero attached hydrogens (tertiary/aromatic N) is 2. The van der Waals surface area contributed by atoms with Gasteiger partial charge in [0.05, 0.1) is 16.2 Å². The highest BCUT2D eigenvalue weighted by Gasteiger charge is 2.25. The fourth-order valence-electron chi connectivity index (χ4n) is 3.15. The molecule has 1 heterocycles. The van der Waals surface area contributed by atoms with E-state index in [2.05, 4.69) is 5.32 Å². The van der Waals surface area contributed by atoms with E-state index < -0.39 is 14.9 Å². The Balaban J connectivity index is 1.66. The molecule has 29 heavy (non-hydrogen) atoms. The van der Waals surface area contributed by atoms with Crippen molar-refractivity contribution in [1.82, 2.24) is 4.31 Å². The number of anilines is 1. The maximum Gasteiger partial charge on any atom is 0.289 e. The van der Waals surface area contributed by atoms with Gasteiger partial charge in [0.2, 0.25) is 15.9 Å². The predicted molar refractivity (Wildman–Crippen MR) is 109 cm³/mol. The Labute approximate surface area is 173 Å². The standard InChI is InChI=1S/C19H20ClN3O5S/c20-17-9-6-15(13-18(17)23(25)26)21-19(24)12-14-4-7-16(8-5-14)29(27,28)22-10-2-1-3-11-22/h4-9,13H,1-3,10-12H2,(H,21,24). The summed E-state index contributed by atoms with van der Waals surface area (Å²) < 4.78 is 26.8. The number of rotatable bonds is 6. The van der Waals surface area contributed by atoms with Crippen molar-refractivity contribution in [3.63, 3.8) is 0 Å². The quantitative estimate of drug-likeness (QED) is 0.548. The van der Waals surface area contributed by atoms with E-state index in [0.29, 0.717) is 18.7 Å². The molecular weight excluding hydrogens is 418 g/mol. The summed E-state index contributed by atoms with van der Waals surface area (Å²) in [6.45, 7) is 1.05. The molecular formula is C19H20ClN3O5S. The Morgan fingerprint density at radius 3 is 2.38 bits per heavy atom. The fraction of sp³-hybridized carbons (Fsp3) is 0.316. The van der Waals surface area contributed by atoms with E-state index in [1.807, 2.05) is 0 Å². The molecule has 0 spiro atoms. The minimum atomic E-state index is -3.52. The van der Waals surface area contributed by atoms with E-state index in [1.54, 1.807) is 12.1 Å². The minimum Gasteiger partial charge on any atom is -0.326 e. The van der Waals surface area contributed by atoms with Gasteiger partial charge in [0, 0.05) is 24.8 Å². The third-order valence-corrected chi connectivity index (χ3v) is 6.90. The summed E-state index contributed by atoms with van der Waals surface area (Å²) in [4.78, 5) is 22.8. The van der Waals surface area contributed by atoms with E-state index in [4.69, 9.17) is 11.6 Å². The molecule has 0 aliphatic carbocycles. The van der Waals surface area contributed by atoms with Crippen LogP contribution in [-0.4, -0.2) is 36.6 Å². The van der Waals surface area contributed by atoms with Gasteiger partial charge >= 0.3 is 0 Å². The lowest BCUT2D eigenvalue weighted by Gasteiger charge is -2.25. The number of halogens is 1. The summed E-state index contributed by atoms with van der Waals surface area (Å²) >= 11 is 5.76. The Hall–Kier alpha value is -2.49. The number of piperidine rings is 1. The molecule has 10 heteroatoms. The number of nitrogens with one attached hydrogen (secondary N) is 1. The second kappa shape index (κ2) is 8.89. The van der Waals surface area contributed by atoms with Gasteiger partial charge in [-0.25, -0.2) is 8.42 Å². The second-order valence-electron chi connectivity index (χ2n) is 6.76.